The van der Waals surface area contributed by atoms with Crippen LogP contribution in [0.5, 0.6) is 0 Å². The van der Waals surface area contributed by atoms with E-state index in [1.54, 1.807) is 0 Å². The minimum atomic E-state index is -3.60. The van der Waals surface area contributed by atoms with E-state index >= 15 is 0 Å². The molecule has 3 N–H and O–H groups in total. The maximum Gasteiger partial charge on any atom is 0.403 e. The molecule has 0 radical (unpaired) electrons. The highest BCUT2D eigenvalue weighted by Crippen LogP contribution is 2.46. The molecule has 0 saturated carbocycles. The summed E-state index contributed by atoms with van der Waals surface area (Å²) in [5.74, 6) is 0. The second kappa shape index (κ2) is 4.56. The molecule has 0 aromatic carbocycles. The van der Waals surface area contributed by atoms with Crippen LogP contribution in [0.2, 0.25) is 0 Å². The Kier molecular flexibility index (Phi) is 5.12. The summed E-state index contributed by atoms with van der Waals surface area (Å²) in [4.78, 5) is 25.7. The summed E-state index contributed by atoms with van der Waals surface area (Å²) >= 11 is 11.9. The molecule has 0 amide bonds. The molecule has 0 rings (SSSR count). The van der Waals surface area contributed by atoms with E-state index in [2.05, 4.69) is 37.9 Å². The van der Waals surface area contributed by atoms with Crippen LogP contribution in [0.25, 0.3) is 0 Å². The van der Waals surface area contributed by atoms with Crippen molar-refractivity contribution in [1.29, 1.82) is 0 Å². The molecule has 0 atom stereocenters. The molecule has 11 heavy (non-hydrogen) atoms. The molecule has 7 heteroatoms. The Bertz CT molecular complexity index is 105. The quantitative estimate of drug-likeness (QED) is 0.250. The zero-order valence-electron chi connectivity index (χ0n) is 5.75. The molecule has 0 aliphatic carbocycles. The van der Waals surface area contributed by atoms with E-state index in [1.165, 1.54) is 0 Å². The Morgan fingerprint density at radius 1 is 1.09 bits per heavy atom. The van der Waals surface area contributed by atoms with Gasteiger partial charge in [0.1, 0.15) is 6.16 Å². The summed E-state index contributed by atoms with van der Waals surface area (Å²) in [6.07, 6.45) is 0.913. The third kappa shape index (κ3) is 11.4. The predicted molar refractivity (Wildman–Crippen MR) is 57.4 cm³/mol. The first kappa shape index (κ1) is 12.4. The van der Waals surface area contributed by atoms with Gasteiger partial charge in [-0.3, -0.25) is 0 Å². The minimum absolute atomic E-state index is 0.0174. The monoisotopic (exact) mass is 235 g/mol. The lowest BCUT2D eigenvalue weighted by atomic mass is 10.4. The van der Waals surface area contributed by atoms with Gasteiger partial charge < -0.3 is 0 Å². The number of rotatable bonds is 4. The third-order valence-corrected chi connectivity index (χ3v) is 2.56. The molecule has 3 nitrogen and oxygen atoms in total. The maximum atomic E-state index is 8.56. The minimum Gasteiger partial charge on any atom is -0.193 e. The van der Waals surface area contributed by atoms with Crippen LogP contribution in [0, 0.1) is 0 Å². The Hall–Kier alpha value is 1.36. The van der Waals surface area contributed by atoms with Crippen LogP contribution >= 0.6 is 45.8 Å². The van der Waals surface area contributed by atoms with Crippen molar-refractivity contribution in [2.45, 2.75) is 16.3 Å². The predicted octanol–water partition coefficient (Wildman–Crippen LogP) is 0.949. The molecular formula is C4H12O3PS3+. The Balaban J connectivity index is 3.44. The van der Waals surface area contributed by atoms with E-state index in [9.17, 15) is 0 Å². The van der Waals surface area contributed by atoms with Gasteiger partial charge in [0.15, 0.2) is 0 Å². The van der Waals surface area contributed by atoms with E-state index in [4.69, 9.17) is 14.7 Å². The van der Waals surface area contributed by atoms with E-state index in [-0.39, 0.29) is 6.16 Å². The lowest BCUT2D eigenvalue weighted by molar-refractivity contribution is 0.329. The first-order chi connectivity index (χ1) is 4.71. The van der Waals surface area contributed by atoms with Crippen molar-refractivity contribution in [3.63, 3.8) is 0 Å². The average molecular weight is 235 g/mol. The van der Waals surface area contributed by atoms with Gasteiger partial charge in [0.05, 0.1) is 3.41 Å². The highest BCUT2D eigenvalue weighted by atomic mass is 32.2. The Morgan fingerprint density at radius 2 is 1.55 bits per heavy atom. The summed E-state index contributed by atoms with van der Waals surface area (Å²) in [5.41, 5.74) is 0. The van der Waals surface area contributed by atoms with Gasteiger partial charge in [-0.1, -0.05) is 0 Å². The van der Waals surface area contributed by atoms with Gasteiger partial charge in [-0.05, 0) is 12.8 Å². The highest BCUT2D eigenvalue weighted by Gasteiger charge is 2.29. The first-order valence-electron chi connectivity index (χ1n) is 2.94. The van der Waals surface area contributed by atoms with Gasteiger partial charge in [0, 0.05) is 0 Å². The molecule has 0 aromatic heterocycles. The smallest absolute Gasteiger partial charge is 0.193 e. The van der Waals surface area contributed by atoms with Gasteiger partial charge in [-0.2, -0.15) is 52.6 Å². The summed E-state index contributed by atoms with van der Waals surface area (Å²) < 4.78 is -0.713. The van der Waals surface area contributed by atoms with Crippen molar-refractivity contribution in [2.24, 2.45) is 0 Å². The summed E-state index contributed by atoms with van der Waals surface area (Å²) in [6.45, 7) is 0. The lowest BCUT2D eigenvalue weighted by Crippen LogP contribution is -2.05. The third-order valence-electron chi connectivity index (χ3n) is 0.970. The summed E-state index contributed by atoms with van der Waals surface area (Å²) in [5, 5.41) is 0. The molecule has 0 aromatic rings. The van der Waals surface area contributed by atoms with Crippen LogP contribution in [-0.4, -0.2) is 24.3 Å². The second-order valence-corrected chi connectivity index (χ2v) is 7.48. The highest BCUT2D eigenvalue weighted by molar-refractivity contribution is 8.16. The zero-order valence-corrected chi connectivity index (χ0v) is 9.33. The molecule has 0 fully saturated rings. The van der Waals surface area contributed by atoms with Crippen LogP contribution in [0.4, 0.5) is 0 Å². The van der Waals surface area contributed by atoms with Gasteiger partial charge in [-0.15, -0.1) is 0 Å². The SMILES string of the molecule is O[P+](O)(O)CCCC(S)(S)S. The van der Waals surface area contributed by atoms with Crippen molar-refractivity contribution < 1.29 is 14.7 Å². The van der Waals surface area contributed by atoms with E-state index in [1.807, 2.05) is 0 Å². The van der Waals surface area contributed by atoms with Crippen LogP contribution in [0.1, 0.15) is 12.8 Å². The first-order valence-corrected chi connectivity index (χ1v) is 6.11. The maximum absolute atomic E-state index is 8.56. The van der Waals surface area contributed by atoms with E-state index in [0.29, 0.717) is 12.8 Å². The van der Waals surface area contributed by atoms with Crippen LogP contribution in [-0.2, 0) is 0 Å². The molecule has 0 aliphatic heterocycles. The topological polar surface area (TPSA) is 60.7 Å². The average Bonchev–Trinajstić information content (AvgIpc) is 1.55. The molecule has 0 bridgehead atoms. The van der Waals surface area contributed by atoms with Crippen LogP contribution in [0.3, 0.4) is 0 Å². The zero-order chi connectivity index (χ0) is 9.12. The summed E-state index contributed by atoms with van der Waals surface area (Å²) in [6, 6.07) is 0. The van der Waals surface area contributed by atoms with Gasteiger partial charge in [-0.25, -0.2) is 0 Å². The molecule has 0 spiro atoms. The van der Waals surface area contributed by atoms with Crippen molar-refractivity contribution in [3.05, 3.63) is 0 Å². The fraction of sp³-hybridized carbons (Fsp3) is 1.00. The van der Waals surface area contributed by atoms with Crippen molar-refractivity contribution in [1.82, 2.24) is 0 Å². The fourth-order valence-corrected chi connectivity index (χ4v) is 1.59. The van der Waals surface area contributed by atoms with Crippen molar-refractivity contribution >= 4 is 45.8 Å². The molecule has 0 aliphatic rings. The lowest BCUT2D eigenvalue weighted by Gasteiger charge is -2.14. The van der Waals surface area contributed by atoms with Gasteiger partial charge >= 0.3 is 7.94 Å². The van der Waals surface area contributed by atoms with Crippen molar-refractivity contribution in [2.75, 3.05) is 6.16 Å². The fourth-order valence-electron chi connectivity index (χ4n) is 0.528. The molecule has 0 unspecified atom stereocenters. The molecule has 68 valence electrons. The molecule has 0 heterocycles. The van der Waals surface area contributed by atoms with Crippen LogP contribution < -0.4 is 0 Å². The number of thiol groups is 3. The van der Waals surface area contributed by atoms with E-state index < -0.39 is 11.4 Å². The standard InChI is InChI=1S/C4H11O3PS3/c5-8(6,7)3-1-2-4(9,10)11/h5-7H,1-3H2,(H2-,9,10,11)/p+1. The Morgan fingerprint density at radius 3 is 1.82 bits per heavy atom. The molecular weight excluding hydrogens is 223 g/mol. The van der Waals surface area contributed by atoms with Crippen LogP contribution in [0.15, 0.2) is 0 Å². The van der Waals surface area contributed by atoms with Gasteiger partial charge in [0.2, 0.25) is 0 Å². The van der Waals surface area contributed by atoms with Gasteiger partial charge in [0.25, 0.3) is 0 Å². The largest absolute Gasteiger partial charge is 0.403 e. The Labute approximate surface area is 83.0 Å². The number of hydrogen-bond acceptors (Lipinski definition) is 6. The summed E-state index contributed by atoms with van der Waals surface area (Å²) in [7, 11) is -3.60. The van der Waals surface area contributed by atoms with E-state index in [0.717, 1.165) is 0 Å². The number of hydrogen-bond donors (Lipinski definition) is 6. The van der Waals surface area contributed by atoms with Crippen molar-refractivity contribution in [3.8, 4) is 0 Å². The normalized spacial score (nSPS) is 13.6. The molecule has 0 saturated heterocycles. The second-order valence-electron chi connectivity index (χ2n) is 2.29.